The summed E-state index contributed by atoms with van der Waals surface area (Å²) in [6.07, 6.45) is 0. The highest BCUT2D eigenvalue weighted by Gasteiger charge is 2.11. The Kier molecular flexibility index (Phi) is 5.24. The Balaban J connectivity index is 1.50. The lowest BCUT2D eigenvalue weighted by Gasteiger charge is -2.07. The van der Waals surface area contributed by atoms with Gasteiger partial charge in [-0.15, -0.1) is 5.10 Å². The molecule has 1 N–H and O–H groups in total. The second-order valence-corrected chi connectivity index (χ2v) is 6.85. The number of rotatable bonds is 6. The van der Waals surface area contributed by atoms with Crippen molar-refractivity contribution in [1.29, 1.82) is 0 Å². The Morgan fingerprint density at radius 2 is 1.79 bits per heavy atom. The monoisotopic (exact) mass is 386 g/mol. The molecule has 0 atom stereocenters. The standard InChI is InChI=1S/C23H22N4O2/c1-3-29-20-11-9-19(10-12-20)24-23(28)18-8-13-22-21(14-18)25-26-27(22)15-17-6-4-16(2)5-7-17/h4-14H,3,15H2,1-2H3,(H,24,28). The number of hydrogen-bond donors (Lipinski definition) is 1. The van der Waals surface area contributed by atoms with Crippen molar-refractivity contribution in [3.63, 3.8) is 0 Å². The zero-order chi connectivity index (χ0) is 20.2. The van der Waals surface area contributed by atoms with Gasteiger partial charge < -0.3 is 10.1 Å². The van der Waals surface area contributed by atoms with Crippen LogP contribution in [0.3, 0.4) is 0 Å². The first-order valence-corrected chi connectivity index (χ1v) is 9.55. The number of carbonyl (C=O) groups is 1. The Bertz CT molecular complexity index is 1130. The number of amides is 1. The number of aromatic nitrogens is 3. The van der Waals surface area contributed by atoms with E-state index in [2.05, 4.69) is 46.8 Å². The lowest BCUT2D eigenvalue weighted by atomic mass is 10.1. The van der Waals surface area contributed by atoms with Crippen molar-refractivity contribution in [2.75, 3.05) is 11.9 Å². The van der Waals surface area contributed by atoms with Crippen molar-refractivity contribution in [3.05, 3.63) is 83.4 Å². The average molecular weight is 386 g/mol. The van der Waals surface area contributed by atoms with Gasteiger partial charge in [0.1, 0.15) is 11.3 Å². The lowest BCUT2D eigenvalue weighted by molar-refractivity contribution is 0.102. The largest absolute Gasteiger partial charge is 0.494 e. The summed E-state index contributed by atoms with van der Waals surface area (Å²) in [6, 6.07) is 21.1. The maximum absolute atomic E-state index is 12.6. The molecule has 1 aromatic heterocycles. The number of carbonyl (C=O) groups excluding carboxylic acids is 1. The molecule has 6 nitrogen and oxygen atoms in total. The van der Waals surface area contributed by atoms with E-state index in [1.165, 1.54) is 5.56 Å². The molecule has 0 saturated carbocycles. The van der Waals surface area contributed by atoms with Crippen molar-refractivity contribution < 1.29 is 9.53 Å². The summed E-state index contributed by atoms with van der Waals surface area (Å²) in [5.41, 5.74) is 5.20. The molecule has 4 rings (SSSR count). The molecule has 0 spiro atoms. The topological polar surface area (TPSA) is 69.0 Å². The molecule has 0 aliphatic heterocycles. The van der Waals surface area contributed by atoms with Crippen LogP contribution in [-0.2, 0) is 6.54 Å². The van der Waals surface area contributed by atoms with E-state index in [9.17, 15) is 4.79 Å². The number of ether oxygens (including phenoxy) is 1. The van der Waals surface area contributed by atoms with Gasteiger partial charge in [-0.1, -0.05) is 35.0 Å². The molecular formula is C23H22N4O2. The van der Waals surface area contributed by atoms with Crippen LogP contribution in [0.25, 0.3) is 11.0 Å². The second-order valence-electron chi connectivity index (χ2n) is 6.85. The number of benzene rings is 3. The van der Waals surface area contributed by atoms with E-state index in [0.29, 0.717) is 29.9 Å². The van der Waals surface area contributed by atoms with Crippen LogP contribution in [0.5, 0.6) is 5.75 Å². The zero-order valence-corrected chi connectivity index (χ0v) is 16.4. The van der Waals surface area contributed by atoms with Crippen LogP contribution in [0, 0.1) is 6.92 Å². The lowest BCUT2D eigenvalue weighted by Crippen LogP contribution is -2.11. The van der Waals surface area contributed by atoms with Gasteiger partial charge in [-0.2, -0.15) is 0 Å². The Hall–Kier alpha value is -3.67. The van der Waals surface area contributed by atoms with Gasteiger partial charge in [0, 0.05) is 11.3 Å². The minimum Gasteiger partial charge on any atom is -0.494 e. The third kappa shape index (κ3) is 4.27. The van der Waals surface area contributed by atoms with Gasteiger partial charge >= 0.3 is 0 Å². The average Bonchev–Trinajstić information content (AvgIpc) is 3.13. The van der Waals surface area contributed by atoms with Crippen LogP contribution in [0.1, 0.15) is 28.4 Å². The van der Waals surface area contributed by atoms with E-state index in [4.69, 9.17) is 4.74 Å². The summed E-state index contributed by atoms with van der Waals surface area (Å²) < 4.78 is 7.26. The molecule has 1 amide bonds. The molecule has 0 unspecified atom stereocenters. The molecule has 1 heterocycles. The summed E-state index contributed by atoms with van der Waals surface area (Å²) in [7, 11) is 0. The normalized spacial score (nSPS) is 10.8. The Morgan fingerprint density at radius 1 is 1.03 bits per heavy atom. The maximum Gasteiger partial charge on any atom is 0.255 e. The highest BCUT2D eigenvalue weighted by atomic mass is 16.5. The van der Waals surface area contributed by atoms with Gasteiger partial charge in [0.25, 0.3) is 5.91 Å². The number of anilines is 1. The molecule has 4 aromatic rings. The SMILES string of the molecule is CCOc1ccc(NC(=O)c2ccc3c(c2)nnn3Cc2ccc(C)cc2)cc1. The van der Waals surface area contributed by atoms with E-state index < -0.39 is 0 Å². The summed E-state index contributed by atoms with van der Waals surface area (Å²) in [5, 5.41) is 11.4. The van der Waals surface area contributed by atoms with Crippen molar-refractivity contribution in [1.82, 2.24) is 15.0 Å². The van der Waals surface area contributed by atoms with E-state index >= 15 is 0 Å². The van der Waals surface area contributed by atoms with Crippen molar-refractivity contribution in [2.45, 2.75) is 20.4 Å². The van der Waals surface area contributed by atoms with Crippen molar-refractivity contribution in [2.24, 2.45) is 0 Å². The predicted molar refractivity (Wildman–Crippen MR) is 113 cm³/mol. The molecule has 0 aliphatic rings. The first-order valence-electron chi connectivity index (χ1n) is 9.55. The summed E-state index contributed by atoms with van der Waals surface area (Å²) in [4.78, 5) is 12.6. The fourth-order valence-electron chi connectivity index (χ4n) is 3.10. The number of aryl methyl sites for hydroxylation is 1. The summed E-state index contributed by atoms with van der Waals surface area (Å²) >= 11 is 0. The molecule has 29 heavy (non-hydrogen) atoms. The van der Waals surface area contributed by atoms with Crippen molar-refractivity contribution in [3.8, 4) is 5.75 Å². The number of nitrogens with one attached hydrogen (secondary N) is 1. The summed E-state index contributed by atoms with van der Waals surface area (Å²) in [5.74, 6) is 0.584. The Morgan fingerprint density at radius 3 is 2.52 bits per heavy atom. The van der Waals surface area contributed by atoms with Crippen LogP contribution in [0.15, 0.2) is 66.7 Å². The van der Waals surface area contributed by atoms with E-state index in [0.717, 1.165) is 16.8 Å². The molecule has 0 radical (unpaired) electrons. The number of nitrogens with zero attached hydrogens (tertiary/aromatic N) is 3. The van der Waals surface area contributed by atoms with Crippen LogP contribution >= 0.6 is 0 Å². The predicted octanol–water partition coefficient (Wildman–Crippen LogP) is 4.44. The first kappa shape index (κ1) is 18.7. The maximum atomic E-state index is 12.6. The van der Waals surface area contributed by atoms with Gasteiger partial charge in [-0.3, -0.25) is 4.79 Å². The number of fused-ring (bicyclic) bond motifs is 1. The Labute approximate surface area is 169 Å². The van der Waals surface area contributed by atoms with Crippen LogP contribution in [-0.4, -0.2) is 27.5 Å². The number of hydrogen-bond acceptors (Lipinski definition) is 4. The quantitative estimate of drug-likeness (QED) is 0.532. The minimum absolute atomic E-state index is 0.191. The zero-order valence-electron chi connectivity index (χ0n) is 16.4. The smallest absolute Gasteiger partial charge is 0.255 e. The van der Waals surface area contributed by atoms with Gasteiger partial charge in [0.2, 0.25) is 0 Å². The fourth-order valence-corrected chi connectivity index (χ4v) is 3.10. The van der Waals surface area contributed by atoms with Gasteiger partial charge in [0.15, 0.2) is 0 Å². The second kappa shape index (κ2) is 8.14. The third-order valence-corrected chi connectivity index (χ3v) is 4.65. The highest BCUT2D eigenvalue weighted by Crippen LogP contribution is 2.19. The van der Waals surface area contributed by atoms with Crippen LogP contribution < -0.4 is 10.1 Å². The molecule has 0 aliphatic carbocycles. The molecule has 0 bridgehead atoms. The van der Waals surface area contributed by atoms with Crippen molar-refractivity contribution >= 4 is 22.6 Å². The molecule has 146 valence electrons. The fraction of sp³-hybridized carbons (Fsp3) is 0.174. The molecule has 6 heteroatoms. The van der Waals surface area contributed by atoms with Gasteiger partial charge in [-0.05, 0) is 61.9 Å². The van der Waals surface area contributed by atoms with Gasteiger partial charge in [0.05, 0.1) is 18.7 Å². The summed E-state index contributed by atoms with van der Waals surface area (Å²) in [6.45, 7) is 5.24. The first-order chi connectivity index (χ1) is 14.1. The van der Waals surface area contributed by atoms with Crippen LogP contribution in [0.2, 0.25) is 0 Å². The van der Waals surface area contributed by atoms with Crippen LogP contribution in [0.4, 0.5) is 5.69 Å². The minimum atomic E-state index is -0.191. The molecular weight excluding hydrogens is 364 g/mol. The third-order valence-electron chi connectivity index (χ3n) is 4.65. The van der Waals surface area contributed by atoms with E-state index in [-0.39, 0.29) is 5.91 Å². The molecule has 0 fully saturated rings. The molecule has 3 aromatic carbocycles. The molecule has 0 saturated heterocycles. The van der Waals surface area contributed by atoms with E-state index in [1.54, 1.807) is 12.1 Å². The van der Waals surface area contributed by atoms with Gasteiger partial charge in [-0.25, -0.2) is 4.68 Å². The van der Waals surface area contributed by atoms with E-state index in [1.807, 2.05) is 41.9 Å². The highest BCUT2D eigenvalue weighted by molar-refractivity contribution is 6.05.